The zero-order valence-electron chi connectivity index (χ0n) is 20.4. The molecule has 1 aromatic heterocycles. The van der Waals surface area contributed by atoms with Gasteiger partial charge in [0.25, 0.3) is 5.89 Å². The maximum Gasteiger partial charge on any atom is 0.327 e. The highest BCUT2D eigenvalue weighted by atomic mass is 19.1. The lowest BCUT2D eigenvalue weighted by Crippen LogP contribution is -2.46. The predicted octanol–water partition coefficient (Wildman–Crippen LogP) is 5.92. The van der Waals surface area contributed by atoms with Crippen molar-refractivity contribution in [2.24, 2.45) is 0 Å². The molecule has 9 heteroatoms. The summed E-state index contributed by atoms with van der Waals surface area (Å²) in [6.45, 7) is 6.02. The van der Waals surface area contributed by atoms with Gasteiger partial charge in [-0.05, 0) is 61.7 Å². The number of allylic oxidation sites excluding steroid dienone is 1. The molecular weight excluding hydrogens is 475 g/mol. The van der Waals surface area contributed by atoms with Crippen molar-refractivity contribution in [1.29, 1.82) is 0 Å². The van der Waals surface area contributed by atoms with Gasteiger partial charge in [-0.2, -0.15) is 4.98 Å². The number of nitrogens with one attached hydrogen (secondary N) is 1. The zero-order valence-corrected chi connectivity index (χ0v) is 20.4. The van der Waals surface area contributed by atoms with E-state index in [-0.39, 0.29) is 24.5 Å². The van der Waals surface area contributed by atoms with Gasteiger partial charge in [0, 0.05) is 17.3 Å². The molecule has 1 unspecified atom stereocenters. The predicted molar refractivity (Wildman–Crippen MR) is 135 cm³/mol. The molecule has 0 bridgehead atoms. The van der Waals surface area contributed by atoms with Crippen LogP contribution in [0.5, 0.6) is 11.5 Å². The molecular formula is C28H23FN4O4. The van der Waals surface area contributed by atoms with Crippen LogP contribution in [-0.4, -0.2) is 23.0 Å². The molecule has 0 aliphatic carbocycles. The highest BCUT2D eigenvalue weighted by molar-refractivity contribution is 6.01. The first-order valence-corrected chi connectivity index (χ1v) is 11.8. The van der Waals surface area contributed by atoms with Crippen LogP contribution in [0.4, 0.5) is 14.9 Å². The fourth-order valence-corrected chi connectivity index (χ4v) is 4.63. The largest absolute Gasteiger partial charge is 0.454 e. The van der Waals surface area contributed by atoms with Gasteiger partial charge in [0.1, 0.15) is 5.82 Å². The van der Waals surface area contributed by atoms with Crippen LogP contribution in [0.15, 0.2) is 70.9 Å². The van der Waals surface area contributed by atoms with Gasteiger partial charge in [-0.25, -0.2) is 9.18 Å². The molecule has 3 aromatic carbocycles. The molecule has 1 atom stereocenters. The van der Waals surface area contributed by atoms with Gasteiger partial charge in [-0.1, -0.05) is 35.5 Å². The van der Waals surface area contributed by atoms with Crippen LogP contribution in [0, 0.1) is 19.7 Å². The summed E-state index contributed by atoms with van der Waals surface area (Å²) in [4.78, 5) is 19.6. The van der Waals surface area contributed by atoms with E-state index in [1.54, 1.807) is 35.2 Å². The summed E-state index contributed by atoms with van der Waals surface area (Å²) in [7, 11) is 0. The number of benzene rings is 3. The van der Waals surface area contributed by atoms with Gasteiger partial charge in [-0.3, -0.25) is 4.90 Å². The molecule has 3 heterocycles. The third kappa shape index (κ3) is 3.98. The van der Waals surface area contributed by atoms with Crippen molar-refractivity contribution in [3.63, 3.8) is 0 Å². The topological polar surface area (TPSA) is 89.7 Å². The van der Waals surface area contributed by atoms with Crippen molar-refractivity contribution in [3.8, 4) is 22.9 Å². The molecule has 1 N–H and O–H groups in total. The number of aromatic nitrogens is 2. The maximum absolute atomic E-state index is 13.8. The van der Waals surface area contributed by atoms with E-state index in [4.69, 9.17) is 14.0 Å². The molecule has 2 amide bonds. The normalized spacial score (nSPS) is 16.8. The summed E-state index contributed by atoms with van der Waals surface area (Å²) in [5, 5.41) is 7.21. The van der Waals surface area contributed by atoms with Crippen molar-refractivity contribution in [2.45, 2.75) is 26.8 Å². The lowest BCUT2D eigenvalue weighted by atomic mass is 9.92. The Kier molecular flexibility index (Phi) is 5.40. The molecule has 0 saturated carbocycles. The molecule has 0 radical (unpaired) electrons. The van der Waals surface area contributed by atoms with Crippen LogP contribution in [0.25, 0.3) is 17.0 Å². The van der Waals surface area contributed by atoms with Crippen molar-refractivity contribution < 1.29 is 23.2 Å². The summed E-state index contributed by atoms with van der Waals surface area (Å²) in [5.41, 5.74) is 5.44. The van der Waals surface area contributed by atoms with Gasteiger partial charge < -0.3 is 19.3 Å². The van der Waals surface area contributed by atoms with Gasteiger partial charge in [0.05, 0.1) is 17.3 Å². The fourth-order valence-electron chi connectivity index (χ4n) is 4.63. The summed E-state index contributed by atoms with van der Waals surface area (Å²) in [6, 6.07) is 16.5. The fraction of sp³-hybridized carbons (Fsp3) is 0.179. The van der Waals surface area contributed by atoms with Gasteiger partial charge >= 0.3 is 6.03 Å². The Morgan fingerprint density at radius 1 is 0.973 bits per heavy atom. The second-order valence-electron chi connectivity index (χ2n) is 9.03. The van der Waals surface area contributed by atoms with E-state index in [1.165, 1.54) is 12.1 Å². The van der Waals surface area contributed by atoms with Crippen molar-refractivity contribution in [2.75, 3.05) is 11.7 Å². The second kappa shape index (κ2) is 8.77. The number of ether oxygens (including phenoxy) is 2. The number of anilines is 1. The van der Waals surface area contributed by atoms with E-state index in [2.05, 4.69) is 15.5 Å². The lowest BCUT2D eigenvalue weighted by Gasteiger charge is -2.35. The zero-order chi connectivity index (χ0) is 25.7. The number of amides is 2. The van der Waals surface area contributed by atoms with E-state index < -0.39 is 11.9 Å². The van der Waals surface area contributed by atoms with E-state index in [1.807, 2.05) is 39.0 Å². The molecule has 37 heavy (non-hydrogen) atoms. The van der Waals surface area contributed by atoms with E-state index >= 15 is 0 Å². The summed E-state index contributed by atoms with van der Waals surface area (Å²) >= 11 is 0. The van der Waals surface area contributed by atoms with E-state index in [9.17, 15) is 9.18 Å². The second-order valence-corrected chi connectivity index (χ2v) is 9.03. The molecule has 2 aliphatic heterocycles. The number of urea groups is 1. The number of halogens is 1. The number of carbonyl (C=O) groups excluding carboxylic acids is 1. The number of fused-ring (bicyclic) bond motifs is 1. The minimum absolute atomic E-state index is 0.130. The quantitative estimate of drug-likeness (QED) is 0.376. The number of nitrogens with zero attached hydrogens (tertiary/aromatic N) is 3. The first-order valence-electron chi connectivity index (χ1n) is 11.8. The van der Waals surface area contributed by atoms with Gasteiger partial charge in [-0.15, -0.1) is 0 Å². The minimum atomic E-state index is -0.544. The third-order valence-electron chi connectivity index (χ3n) is 6.70. The highest BCUT2D eigenvalue weighted by Gasteiger charge is 2.37. The van der Waals surface area contributed by atoms with Crippen LogP contribution in [-0.2, 0) is 0 Å². The van der Waals surface area contributed by atoms with Crippen molar-refractivity contribution >= 4 is 17.3 Å². The maximum atomic E-state index is 13.8. The summed E-state index contributed by atoms with van der Waals surface area (Å²) < 4.78 is 30.5. The average Bonchev–Trinajstić information content (AvgIpc) is 3.55. The first-order chi connectivity index (χ1) is 17.9. The Bertz CT molecular complexity index is 1580. The molecule has 186 valence electrons. The van der Waals surface area contributed by atoms with E-state index in [0.717, 1.165) is 16.7 Å². The first kappa shape index (κ1) is 22.8. The molecule has 0 saturated heterocycles. The molecule has 4 aromatic rings. The Labute approximate surface area is 212 Å². The third-order valence-corrected chi connectivity index (χ3v) is 6.70. The Hall–Kier alpha value is -4.66. The van der Waals surface area contributed by atoms with Crippen molar-refractivity contribution in [3.05, 3.63) is 94.8 Å². The molecule has 8 nitrogen and oxygen atoms in total. The summed E-state index contributed by atoms with van der Waals surface area (Å²) in [6.07, 6.45) is 0. The van der Waals surface area contributed by atoms with Crippen LogP contribution >= 0.6 is 0 Å². The number of aryl methyl sites for hydroxylation is 2. The monoisotopic (exact) mass is 498 g/mol. The number of rotatable bonds is 4. The van der Waals surface area contributed by atoms with Crippen LogP contribution in [0.3, 0.4) is 0 Å². The van der Waals surface area contributed by atoms with Crippen LogP contribution in [0.2, 0.25) is 0 Å². The molecule has 0 spiro atoms. The van der Waals surface area contributed by atoms with E-state index in [0.29, 0.717) is 34.0 Å². The SMILES string of the molecule is CC1=C(c2nc(-c3cccc(F)c3)no2)C(c2ccc(C)c(C)c2)NC(=O)N1c1ccc2c(c1)OCO2. The highest BCUT2D eigenvalue weighted by Crippen LogP contribution is 2.42. The Morgan fingerprint density at radius 2 is 1.81 bits per heavy atom. The standard InChI is InChI=1S/C28H23FN4O4/c1-15-7-8-18(11-16(15)2)25-24(27-31-26(32-37-27)19-5-4-6-20(29)12-19)17(3)33(28(34)30-25)21-9-10-22-23(13-21)36-14-35-22/h4-13,25H,14H2,1-3H3,(H,30,34). The smallest absolute Gasteiger partial charge is 0.327 e. The lowest BCUT2D eigenvalue weighted by molar-refractivity contribution is 0.174. The molecule has 0 fully saturated rings. The van der Waals surface area contributed by atoms with Gasteiger partial charge in [0.15, 0.2) is 11.5 Å². The Morgan fingerprint density at radius 3 is 2.62 bits per heavy atom. The van der Waals surface area contributed by atoms with Crippen LogP contribution in [0.1, 0.15) is 35.5 Å². The van der Waals surface area contributed by atoms with Gasteiger partial charge in [0.2, 0.25) is 12.6 Å². The number of carbonyl (C=O) groups is 1. The summed E-state index contributed by atoms with van der Waals surface area (Å²) in [5.74, 6) is 1.26. The van der Waals surface area contributed by atoms with Crippen molar-refractivity contribution in [1.82, 2.24) is 15.5 Å². The average molecular weight is 499 g/mol. The minimum Gasteiger partial charge on any atom is -0.454 e. The van der Waals surface area contributed by atoms with Crippen LogP contribution < -0.4 is 19.7 Å². The number of hydrogen-bond acceptors (Lipinski definition) is 6. The Balaban J connectivity index is 1.50. The molecule has 2 aliphatic rings. The number of hydrogen-bond donors (Lipinski definition) is 1. The molecule has 6 rings (SSSR count).